The van der Waals surface area contributed by atoms with Crippen LogP contribution in [0, 0.1) is 5.82 Å². The van der Waals surface area contributed by atoms with E-state index in [9.17, 15) is 9.50 Å². The van der Waals surface area contributed by atoms with E-state index < -0.39 is 6.10 Å². The zero-order valence-corrected chi connectivity index (χ0v) is 9.18. The van der Waals surface area contributed by atoms with Crippen LogP contribution >= 0.6 is 0 Å². The van der Waals surface area contributed by atoms with Crippen LogP contribution in [0.15, 0.2) is 48.8 Å². The van der Waals surface area contributed by atoms with E-state index in [1.54, 1.807) is 36.7 Å². The first-order valence-electron chi connectivity index (χ1n) is 5.33. The molecule has 1 aromatic carbocycles. The zero-order valence-electron chi connectivity index (χ0n) is 9.18. The van der Waals surface area contributed by atoms with Gasteiger partial charge in [0.2, 0.25) is 0 Å². The molecule has 17 heavy (non-hydrogen) atoms. The summed E-state index contributed by atoms with van der Waals surface area (Å²) in [6, 6.07) is 9.64. The number of hydrogen-bond acceptors (Lipinski definition) is 3. The van der Waals surface area contributed by atoms with Crippen molar-refractivity contribution in [1.29, 1.82) is 0 Å². The van der Waals surface area contributed by atoms with Crippen molar-refractivity contribution in [3.05, 3.63) is 60.2 Å². The second-order valence-electron chi connectivity index (χ2n) is 3.69. The number of hydrogen-bond donors (Lipinski definition) is 2. The van der Waals surface area contributed by atoms with E-state index >= 15 is 0 Å². The van der Waals surface area contributed by atoms with Crippen LogP contribution in [0.1, 0.15) is 11.7 Å². The number of anilines is 1. The number of rotatable bonds is 4. The number of pyridine rings is 1. The summed E-state index contributed by atoms with van der Waals surface area (Å²) in [6.07, 6.45) is 2.61. The number of nitrogens with one attached hydrogen (secondary N) is 1. The summed E-state index contributed by atoms with van der Waals surface area (Å²) in [5, 5.41) is 12.8. The fraction of sp³-hybridized carbons (Fsp3) is 0.154. The van der Waals surface area contributed by atoms with Gasteiger partial charge in [0, 0.05) is 24.6 Å². The maximum absolute atomic E-state index is 12.9. The second-order valence-corrected chi connectivity index (χ2v) is 3.69. The number of benzene rings is 1. The highest BCUT2D eigenvalue weighted by molar-refractivity contribution is 5.43. The molecule has 2 aromatic rings. The van der Waals surface area contributed by atoms with Crippen LogP contribution in [-0.4, -0.2) is 16.6 Å². The molecule has 1 unspecified atom stereocenters. The minimum absolute atomic E-state index is 0.298. The third-order valence-corrected chi connectivity index (χ3v) is 2.42. The van der Waals surface area contributed by atoms with Crippen LogP contribution in [0.5, 0.6) is 0 Å². The van der Waals surface area contributed by atoms with Gasteiger partial charge >= 0.3 is 0 Å². The normalized spacial score (nSPS) is 12.1. The van der Waals surface area contributed by atoms with Gasteiger partial charge in [0.15, 0.2) is 0 Å². The molecule has 0 spiro atoms. The highest BCUT2D eigenvalue weighted by Gasteiger charge is 2.06. The average molecular weight is 232 g/mol. The first-order chi connectivity index (χ1) is 8.25. The van der Waals surface area contributed by atoms with E-state index in [2.05, 4.69) is 10.3 Å². The van der Waals surface area contributed by atoms with Crippen LogP contribution in [0.25, 0.3) is 0 Å². The van der Waals surface area contributed by atoms with E-state index in [1.165, 1.54) is 12.1 Å². The van der Waals surface area contributed by atoms with Gasteiger partial charge in [0.1, 0.15) is 5.82 Å². The molecule has 2 rings (SSSR count). The molecule has 2 N–H and O–H groups in total. The summed E-state index contributed by atoms with van der Waals surface area (Å²) in [5.41, 5.74) is 1.43. The molecule has 1 aromatic heterocycles. The van der Waals surface area contributed by atoms with Crippen LogP contribution in [0.3, 0.4) is 0 Å². The predicted molar refractivity (Wildman–Crippen MR) is 64.1 cm³/mol. The van der Waals surface area contributed by atoms with Crippen LogP contribution in [-0.2, 0) is 0 Å². The Labute approximate surface area is 98.9 Å². The molecule has 0 amide bonds. The fourth-order valence-corrected chi connectivity index (χ4v) is 1.52. The molecule has 0 fully saturated rings. The Morgan fingerprint density at radius 2 is 2.00 bits per heavy atom. The van der Waals surface area contributed by atoms with Crippen LogP contribution in [0.2, 0.25) is 0 Å². The summed E-state index contributed by atoms with van der Waals surface area (Å²) in [5.74, 6) is -0.298. The van der Waals surface area contributed by atoms with E-state index in [0.717, 1.165) is 5.56 Å². The number of aliphatic hydroxyl groups excluding tert-OH is 1. The molecule has 1 atom stereocenters. The molecule has 0 radical (unpaired) electrons. The van der Waals surface area contributed by atoms with E-state index in [0.29, 0.717) is 12.2 Å². The van der Waals surface area contributed by atoms with Gasteiger partial charge in [-0.25, -0.2) is 4.39 Å². The summed E-state index contributed by atoms with van der Waals surface area (Å²) >= 11 is 0. The van der Waals surface area contributed by atoms with Gasteiger partial charge in [-0.3, -0.25) is 4.98 Å². The molecule has 0 aliphatic heterocycles. The molecule has 3 nitrogen and oxygen atoms in total. The number of aromatic nitrogens is 1. The highest BCUT2D eigenvalue weighted by atomic mass is 19.1. The maximum Gasteiger partial charge on any atom is 0.125 e. The molecular weight excluding hydrogens is 219 g/mol. The van der Waals surface area contributed by atoms with Gasteiger partial charge in [0.05, 0.1) is 6.10 Å². The minimum Gasteiger partial charge on any atom is -0.387 e. The van der Waals surface area contributed by atoms with Gasteiger partial charge in [-0.05, 0) is 35.9 Å². The van der Waals surface area contributed by atoms with Crippen molar-refractivity contribution in [2.45, 2.75) is 6.10 Å². The summed E-state index contributed by atoms with van der Waals surface area (Å²) in [4.78, 5) is 3.88. The third-order valence-electron chi connectivity index (χ3n) is 2.42. The molecule has 0 saturated carbocycles. The SMILES string of the molecule is OC(CNc1cccc(F)c1)c1ccncc1. The van der Waals surface area contributed by atoms with Crippen molar-refractivity contribution in [2.24, 2.45) is 0 Å². The Balaban J connectivity index is 1.95. The smallest absolute Gasteiger partial charge is 0.125 e. The van der Waals surface area contributed by atoms with E-state index in [4.69, 9.17) is 0 Å². The summed E-state index contributed by atoms with van der Waals surface area (Å²) < 4.78 is 12.9. The van der Waals surface area contributed by atoms with Crippen molar-refractivity contribution >= 4 is 5.69 Å². The highest BCUT2D eigenvalue weighted by Crippen LogP contribution is 2.14. The monoisotopic (exact) mass is 232 g/mol. The van der Waals surface area contributed by atoms with Crippen LogP contribution in [0.4, 0.5) is 10.1 Å². The fourth-order valence-electron chi connectivity index (χ4n) is 1.52. The number of aliphatic hydroxyl groups is 1. The van der Waals surface area contributed by atoms with Gasteiger partial charge in [-0.1, -0.05) is 6.07 Å². The van der Waals surface area contributed by atoms with Gasteiger partial charge in [-0.15, -0.1) is 0 Å². The molecule has 0 aliphatic carbocycles. The lowest BCUT2D eigenvalue weighted by Gasteiger charge is -2.12. The van der Waals surface area contributed by atoms with Crippen molar-refractivity contribution < 1.29 is 9.50 Å². The molecule has 0 bridgehead atoms. The van der Waals surface area contributed by atoms with Crippen molar-refractivity contribution in [3.8, 4) is 0 Å². The average Bonchev–Trinajstić information content (AvgIpc) is 2.37. The largest absolute Gasteiger partial charge is 0.387 e. The molecule has 4 heteroatoms. The molecular formula is C13H13FN2O. The first-order valence-corrected chi connectivity index (χ1v) is 5.33. The topological polar surface area (TPSA) is 45.1 Å². The predicted octanol–water partition coefficient (Wildman–Crippen LogP) is 2.37. The summed E-state index contributed by atoms with van der Waals surface area (Å²) in [7, 11) is 0. The lowest BCUT2D eigenvalue weighted by molar-refractivity contribution is 0.191. The first kappa shape index (κ1) is 11.5. The van der Waals surface area contributed by atoms with Crippen molar-refractivity contribution in [3.63, 3.8) is 0 Å². The lowest BCUT2D eigenvalue weighted by Crippen LogP contribution is -2.12. The lowest BCUT2D eigenvalue weighted by atomic mass is 10.1. The molecule has 0 saturated heterocycles. The van der Waals surface area contributed by atoms with E-state index in [-0.39, 0.29) is 5.82 Å². The Morgan fingerprint density at radius 1 is 1.24 bits per heavy atom. The van der Waals surface area contributed by atoms with E-state index in [1.807, 2.05) is 0 Å². The van der Waals surface area contributed by atoms with Crippen LogP contribution < -0.4 is 5.32 Å². The van der Waals surface area contributed by atoms with Crippen molar-refractivity contribution in [1.82, 2.24) is 4.98 Å². The third kappa shape index (κ3) is 3.26. The Hall–Kier alpha value is -1.94. The summed E-state index contributed by atoms with van der Waals surface area (Å²) in [6.45, 7) is 0.327. The van der Waals surface area contributed by atoms with Crippen molar-refractivity contribution in [2.75, 3.05) is 11.9 Å². The quantitative estimate of drug-likeness (QED) is 0.850. The Kier molecular flexibility index (Phi) is 3.67. The van der Waals surface area contributed by atoms with Gasteiger partial charge < -0.3 is 10.4 Å². The molecule has 88 valence electrons. The second kappa shape index (κ2) is 5.41. The number of nitrogens with zero attached hydrogens (tertiary/aromatic N) is 1. The van der Waals surface area contributed by atoms with Gasteiger partial charge in [-0.2, -0.15) is 0 Å². The molecule has 1 heterocycles. The maximum atomic E-state index is 12.9. The van der Waals surface area contributed by atoms with Gasteiger partial charge in [0.25, 0.3) is 0 Å². The Morgan fingerprint density at radius 3 is 2.71 bits per heavy atom. The standard InChI is InChI=1S/C13H13FN2O/c14-11-2-1-3-12(8-11)16-9-13(17)10-4-6-15-7-5-10/h1-8,13,16-17H,9H2. The molecule has 0 aliphatic rings. The number of halogens is 1. The Bertz CT molecular complexity index is 476. The zero-order chi connectivity index (χ0) is 12.1. The minimum atomic E-state index is -0.638.